The number of carbonyl (C=O) groups is 1. The number of nitrogen functional groups attached to an aromatic ring is 1. The van der Waals surface area contributed by atoms with E-state index in [0.717, 1.165) is 19.3 Å². The molecular weight excluding hydrogens is 512 g/mol. The van der Waals surface area contributed by atoms with E-state index >= 15 is 0 Å². The van der Waals surface area contributed by atoms with Gasteiger partial charge in [-0.3, -0.25) is 4.79 Å². The Bertz CT molecular complexity index is 1500. The molecule has 0 bridgehead atoms. The Morgan fingerprint density at radius 3 is 2.59 bits per heavy atom. The Balaban J connectivity index is 1.26. The standard InChI is InChI=1S/C26H28N4O5S2/c1-2-34-16-5-6-17(13-16)35-21-14-26(21,15-3-7-18(8-4-15)37(32,33)19-9-10-19)24(31)30-25-28-20-11-12-22(27)29-23(20)36-25/h3-4,7-8,11-12,14,16-17,19H,2,5-6,9-10,13H2,1H3,(H2,27,29)(H,28,30,31)/t16-,17-,26?/m1/s1. The third-order valence-electron chi connectivity index (χ3n) is 7.14. The number of ether oxygens (including phenoxy) is 2. The normalized spacial score (nSPS) is 25.2. The topological polar surface area (TPSA) is 134 Å². The number of anilines is 2. The van der Waals surface area contributed by atoms with Crippen LogP contribution in [0.3, 0.4) is 0 Å². The number of carbonyl (C=O) groups excluding carboxylic acids is 1. The number of thiazole rings is 1. The predicted molar refractivity (Wildman–Crippen MR) is 141 cm³/mol. The van der Waals surface area contributed by atoms with Gasteiger partial charge in [0.25, 0.3) is 0 Å². The number of amides is 1. The molecule has 9 nitrogen and oxygen atoms in total. The summed E-state index contributed by atoms with van der Waals surface area (Å²) in [5.74, 6) is 0.633. The number of pyridine rings is 1. The van der Waals surface area contributed by atoms with Gasteiger partial charge in [-0.15, -0.1) is 0 Å². The minimum atomic E-state index is -3.33. The molecule has 3 aliphatic rings. The molecule has 1 amide bonds. The average Bonchev–Trinajstić information content (AvgIpc) is 3.77. The number of fused-ring (bicyclic) bond motifs is 1. The fraction of sp³-hybridized carbons (Fsp3) is 0.423. The molecule has 2 heterocycles. The summed E-state index contributed by atoms with van der Waals surface area (Å²) < 4.78 is 37.4. The van der Waals surface area contributed by atoms with Gasteiger partial charge in [0, 0.05) is 13.0 Å². The van der Waals surface area contributed by atoms with E-state index in [0.29, 0.717) is 52.1 Å². The second kappa shape index (κ2) is 9.07. The van der Waals surface area contributed by atoms with Gasteiger partial charge in [0.15, 0.2) is 20.4 Å². The van der Waals surface area contributed by atoms with Crippen LogP contribution < -0.4 is 11.1 Å². The number of nitrogens with one attached hydrogen (secondary N) is 1. The quantitative estimate of drug-likeness (QED) is 0.417. The number of nitrogens with zero attached hydrogens (tertiary/aromatic N) is 2. The lowest BCUT2D eigenvalue weighted by atomic mass is 9.91. The molecule has 0 aliphatic heterocycles. The first-order valence-corrected chi connectivity index (χ1v) is 14.9. The molecule has 6 rings (SSSR count). The van der Waals surface area contributed by atoms with Crippen LogP contribution >= 0.6 is 11.3 Å². The summed E-state index contributed by atoms with van der Waals surface area (Å²) in [5, 5.41) is 3.03. The van der Waals surface area contributed by atoms with Gasteiger partial charge in [0.1, 0.15) is 28.0 Å². The molecule has 2 fully saturated rings. The summed E-state index contributed by atoms with van der Waals surface area (Å²) in [6.07, 6.45) is 5.85. The van der Waals surface area contributed by atoms with Crippen molar-refractivity contribution in [3.8, 4) is 0 Å². The maximum absolute atomic E-state index is 13.7. The van der Waals surface area contributed by atoms with Gasteiger partial charge in [0.2, 0.25) is 5.91 Å². The Morgan fingerprint density at radius 2 is 1.86 bits per heavy atom. The zero-order valence-electron chi connectivity index (χ0n) is 20.3. The molecule has 3 aliphatic carbocycles. The van der Waals surface area contributed by atoms with E-state index in [4.69, 9.17) is 15.2 Å². The van der Waals surface area contributed by atoms with Gasteiger partial charge < -0.3 is 20.5 Å². The second-order valence-electron chi connectivity index (χ2n) is 9.75. The van der Waals surface area contributed by atoms with Crippen LogP contribution in [0.1, 0.15) is 44.6 Å². The summed E-state index contributed by atoms with van der Waals surface area (Å²) in [4.78, 5) is 23.4. The van der Waals surface area contributed by atoms with Crippen molar-refractivity contribution in [2.75, 3.05) is 17.7 Å². The number of hydrogen-bond acceptors (Lipinski definition) is 9. The molecule has 2 aromatic heterocycles. The van der Waals surface area contributed by atoms with E-state index in [1.807, 2.05) is 6.92 Å². The maximum Gasteiger partial charge on any atom is 0.248 e. The largest absolute Gasteiger partial charge is 0.493 e. The van der Waals surface area contributed by atoms with Gasteiger partial charge in [-0.2, -0.15) is 0 Å². The third-order valence-corrected chi connectivity index (χ3v) is 10.3. The lowest BCUT2D eigenvalue weighted by Crippen LogP contribution is -2.32. The van der Waals surface area contributed by atoms with Crippen molar-refractivity contribution in [2.45, 2.75) is 66.8 Å². The van der Waals surface area contributed by atoms with Crippen LogP contribution in [0.2, 0.25) is 0 Å². The van der Waals surface area contributed by atoms with Crippen LogP contribution in [-0.2, 0) is 29.5 Å². The van der Waals surface area contributed by atoms with Crippen LogP contribution in [0.4, 0.5) is 10.9 Å². The molecular formula is C26H28N4O5S2. The number of sulfone groups is 1. The summed E-state index contributed by atoms with van der Waals surface area (Å²) >= 11 is 1.24. The Hall–Kier alpha value is -3.02. The van der Waals surface area contributed by atoms with Crippen molar-refractivity contribution in [2.24, 2.45) is 0 Å². The molecule has 0 saturated heterocycles. The number of benzene rings is 1. The van der Waals surface area contributed by atoms with Gasteiger partial charge in [0.05, 0.1) is 16.2 Å². The first-order chi connectivity index (χ1) is 17.8. The fourth-order valence-electron chi connectivity index (χ4n) is 4.95. The highest BCUT2D eigenvalue weighted by Gasteiger charge is 2.56. The highest BCUT2D eigenvalue weighted by atomic mass is 32.2. The van der Waals surface area contributed by atoms with Gasteiger partial charge in [-0.05, 0) is 68.5 Å². The van der Waals surface area contributed by atoms with Gasteiger partial charge in [-0.1, -0.05) is 23.5 Å². The fourth-order valence-corrected chi connectivity index (χ4v) is 7.45. The molecule has 0 radical (unpaired) electrons. The Labute approximate surface area is 219 Å². The minimum Gasteiger partial charge on any atom is -0.493 e. The summed E-state index contributed by atoms with van der Waals surface area (Å²) in [7, 11) is -3.33. The van der Waals surface area contributed by atoms with Gasteiger partial charge in [-0.25, -0.2) is 18.4 Å². The van der Waals surface area contributed by atoms with E-state index in [2.05, 4.69) is 15.3 Å². The molecule has 3 aromatic rings. The molecule has 2 saturated carbocycles. The summed E-state index contributed by atoms with van der Waals surface area (Å²) in [5.41, 5.74) is 5.95. The summed E-state index contributed by atoms with van der Waals surface area (Å²) in [6.45, 7) is 2.64. The Morgan fingerprint density at radius 1 is 1.11 bits per heavy atom. The molecule has 37 heavy (non-hydrogen) atoms. The predicted octanol–water partition coefficient (Wildman–Crippen LogP) is 3.96. The SMILES string of the molecule is CCO[C@@H]1CC[C@@H](OC2=CC2(C(=O)Nc2nc3ccc(N)nc3s2)c2ccc(S(=O)(=O)C3CC3)cc2)C1. The lowest BCUT2D eigenvalue weighted by molar-refractivity contribution is -0.118. The van der Waals surface area contributed by atoms with Crippen molar-refractivity contribution in [1.82, 2.24) is 9.97 Å². The minimum absolute atomic E-state index is 0.0402. The van der Waals surface area contributed by atoms with E-state index in [1.54, 1.807) is 42.5 Å². The molecule has 194 valence electrons. The Kier molecular flexibility index (Phi) is 5.96. The lowest BCUT2D eigenvalue weighted by Gasteiger charge is -2.21. The van der Waals surface area contributed by atoms with E-state index in [-0.39, 0.29) is 28.3 Å². The number of hydrogen-bond donors (Lipinski definition) is 2. The second-order valence-corrected chi connectivity index (χ2v) is 13.0. The smallest absolute Gasteiger partial charge is 0.248 e. The van der Waals surface area contributed by atoms with Crippen LogP contribution in [0.5, 0.6) is 0 Å². The van der Waals surface area contributed by atoms with Gasteiger partial charge >= 0.3 is 0 Å². The molecule has 1 unspecified atom stereocenters. The molecule has 3 N–H and O–H groups in total. The zero-order valence-corrected chi connectivity index (χ0v) is 22.0. The maximum atomic E-state index is 13.7. The van der Waals surface area contributed by atoms with E-state index < -0.39 is 15.3 Å². The van der Waals surface area contributed by atoms with Crippen LogP contribution in [-0.4, -0.2) is 48.4 Å². The highest BCUT2D eigenvalue weighted by molar-refractivity contribution is 7.92. The molecule has 11 heteroatoms. The number of rotatable bonds is 9. The first-order valence-electron chi connectivity index (χ1n) is 12.5. The van der Waals surface area contributed by atoms with Crippen LogP contribution in [0, 0.1) is 0 Å². The zero-order chi connectivity index (χ0) is 25.8. The van der Waals surface area contributed by atoms with Crippen molar-refractivity contribution >= 4 is 48.4 Å². The highest BCUT2D eigenvalue weighted by Crippen LogP contribution is 2.50. The summed E-state index contributed by atoms with van der Waals surface area (Å²) in [6, 6.07) is 10.0. The number of nitrogens with two attached hydrogens (primary N) is 1. The number of aromatic nitrogens is 2. The van der Waals surface area contributed by atoms with Crippen molar-refractivity contribution in [3.05, 3.63) is 53.8 Å². The van der Waals surface area contributed by atoms with E-state index in [1.165, 1.54) is 11.3 Å². The first kappa shape index (κ1) is 24.3. The average molecular weight is 541 g/mol. The molecule has 3 atom stereocenters. The molecule has 0 spiro atoms. The molecule has 1 aromatic carbocycles. The van der Waals surface area contributed by atoms with Crippen LogP contribution in [0.15, 0.2) is 53.1 Å². The third kappa shape index (κ3) is 4.49. The van der Waals surface area contributed by atoms with Crippen molar-refractivity contribution in [3.63, 3.8) is 0 Å². The monoisotopic (exact) mass is 540 g/mol. The van der Waals surface area contributed by atoms with Crippen molar-refractivity contribution < 1.29 is 22.7 Å². The van der Waals surface area contributed by atoms with Crippen LogP contribution in [0.25, 0.3) is 10.3 Å². The van der Waals surface area contributed by atoms with E-state index in [9.17, 15) is 13.2 Å². The van der Waals surface area contributed by atoms with Crippen molar-refractivity contribution in [1.29, 1.82) is 0 Å².